The van der Waals surface area contributed by atoms with Crippen molar-refractivity contribution in [3.8, 4) is 5.75 Å². The van der Waals surface area contributed by atoms with Crippen LogP contribution in [0.3, 0.4) is 0 Å². The molecule has 0 aliphatic carbocycles. The number of nitrogens with one attached hydrogen (secondary N) is 2. The van der Waals surface area contributed by atoms with Gasteiger partial charge < -0.3 is 10.1 Å². The topological polar surface area (TPSA) is 63.2 Å². The van der Waals surface area contributed by atoms with Crippen molar-refractivity contribution in [3.63, 3.8) is 0 Å². The van der Waals surface area contributed by atoms with Crippen molar-refractivity contribution >= 4 is 67.6 Å². The van der Waals surface area contributed by atoms with E-state index in [0.717, 1.165) is 9.13 Å². The van der Waals surface area contributed by atoms with E-state index >= 15 is 0 Å². The van der Waals surface area contributed by atoms with Gasteiger partial charge in [0.2, 0.25) is 0 Å². The van der Waals surface area contributed by atoms with Crippen LogP contribution in [0.25, 0.3) is 0 Å². The summed E-state index contributed by atoms with van der Waals surface area (Å²) in [5.41, 5.74) is 1.41. The number of benzene rings is 1. The maximum Gasteiger partial charge on any atom is 0.257 e. The number of pyridine rings is 1. The number of aromatic nitrogens is 1. The minimum Gasteiger partial charge on any atom is -0.496 e. The van der Waals surface area contributed by atoms with Gasteiger partial charge in [0.25, 0.3) is 5.91 Å². The maximum absolute atomic E-state index is 12.2. The van der Waals surface area contributed by atoms with Crippen LogP contribution in [0.15, 0.2) is 34.9 Å². The van der Waals surface area contributed by atoms with E-state index in [1.54, 1.807) is 31.5 Å². The highest BCUT2D eigenvalue weighted by Gasteiger charge is 2.11. The van der Waals surface area contributed by atoms with Gasteiger partial charge in [-0.15, -0.1) is 0 Å². The predicted molar refractivity (Wildman–Crippen MR) is 106 cm³/mol. The first-order valence-corrected chi connectivity index (χ1v) is 8.76. The Balaban J connectivity index is 2.05. The van der Waals surface area contributed by atoms with Crippen molar-refractivity contribution in [2.45, 2.75) is 6.92 Å². The SMILES string of the molecule is COc1ccc(C(=O)NC(=S)Nc2ncc(I)cc2C)cc1Br. The van der Waals surface area contributed by atoms with Gasteiger partial charge in [-0.05, 0) is 87.5 Å². The molecular formula is C15H13BrIN3O2S. The Kier molecular flexibility index (Phi) is 6.31. The van der Waals surface area contributed by atoms with Gasteiger partial charge in [0.15, 0.2) is 5.11 Å². The molecule has 1 amide bonds. The van der Waals surface area contributed by atoms with E-state index < -0.39 is 0 Å². The lowest BCUT2D eigenvalue weighted by molar-refractivity contribution is 0.0977. The van der Waals surface area contributed by atoms with Crippen LogP contribution in [-0.4, -0.2) is 23.1 Å². The molecule has 1 heterocycles. The van der Waals surface area contributed by atoms with Gasteiger partial charge >= 0.3 is 0 Å². The van der Waals surface area contributed by atoms with Crippen molar-refractivity contribution in [3.05, 3.63) is 49.6 Å². The molecule has 0 bridgehead atoms. The largest absolute Gasteiger partial charge is 0.496 e. The summed E-state index contributed by atoms with van der Waals surface area (Å²) in [7, 11) is 1.56. The van der Waals surface area contributed by atoms with Crippen molar-refractivity contribution in [1.29, 1.82) is 0 Å². The molecule has 8 heteroatoms. The van der Waals surface area contributed by atoms with E-state index in [9.17, 15) is 4.79 Å². The summed E-state index contributed by atoms with van der Waals surface area (Å²) in [5.74, 6) is 0.960. The van der Waals surface area contributed by atoms with Gasteiger partial charge in [-0.1, -0.05) is 0 Å². The quantitative estimate of drug-likeness (QED) is 0.489. The molecule has 2 N–H and O–H groups in total. The first kappa shape index (κ1) is 18.1. The summed E-state index contributed by atoms with van der Waals surface area (Å²) in [4.78, 5) is 16.5. The summed E-state index contributed by atoms with van der Waals surface area (Å²) < 4.78 is 6.86. The zero-order chi connectivity index (χ0) is 17.0. The third-order valence-corrected chi connectivity index (χ3v) is 4.33. The summed E-state index contributed by atoms with van der Waals surface area (Å²) in [6.45, 7) is 1.92. The molecule has 2 rings (SSSR count). The molecule has 0 atom stereocenters. The van der Waals surface area contributed by atoms with Crippen LogP contribution in [0.4, 0.5) is 5.82 Å². The second-order valence-corrected chi connectivity index (χ2v) is 7.08. The number of amides is 1. The zero-order valence-corrected chi connectivity index (χ0v) is 16.9. The molecule has 0 spiro atoms. The number of halogens is 2. The third kappa shape index (κ3) is 4.85. The second kappa shape index (κ2) is 8.02. The summed E-state index contributed by atoms with van der Waals surface area (Å²) in [6.07, 6.45) is 1.72. The molecule has 0 saturated heterocycles. The Morgan fingerprint density at radius 3 is 2.74 bits per heavy atom. The molecule has 1 aromatic heterocycles. The lowest BCUT2D eigenvalue weighted by Gasteiger charge is -2.11. The van der Waals surface area contributed by atoms with Gasteiger partial charge in [0.05, 0.1) is 11.6 Å². The molecular weight excluding hydrogens is 493 g/mol. The summed E-state index contributed by atoms with van der Waals surface area (Å²) in [5, 5.41) is 5.75. The van der Waals surface area contributed by atoms with E-state index in [0.29, 0.717) is 21.6 Å². The van der Waals surface area contributed by atoms with E-state index in [4.69, 9.17) is 17.0 Å². The molecule has 5 nitrogen and oxygen atoms in total. The average Bonchev–Trinajstić information content (AvgIpc) is 2.50. The predicted octanol–water partition coefficient (Wildman–Crippen LogP) is 3.89. The number of hydrogen-bond acceptors (Lipinski definition) is 4. The third-order valence-electron chi connectivity index (χ3n) is 2.92. The number of rotatable bonds is 3. The molecule has 0 fully saturated rings. The first-order chi connectivity index (χ1) is 10.9. The van der Waals surface area contributed by atoms with Crippen LogP contribution in [0.5, 0.6) is 5.75 Å². The first-order valence-electron chi connectivity index (χ1n) is 6.48. The lowest BCUT2D eigenvalue weighted by atomic mass is 10.2. The van der Waals surface area contributed by atoms with Gasteiger partial charge in [-0.3, -0.25) is 10.1 Å². The minimum atomic E-state index is -0.311. The highest BCUT2D eigenvalue weighted by molar-refractivity contribution is 14.1. The van der Waals surface area contributed by atoms with Crippen molar-refractivity contribution in [2.24, 2.45) is 0 Å². The van der Waals surface area contributed by atoms with Crippen LogP contribution in [0.2, 0.25) is 0 Å². The second-order valence-electron chi connectivity index (χ2n) is 4.58. The number of ether oxygens (including phenoxy) is 1. The van der Waals surface area contributed by atoms with Crippen LogP contribution in [0.1, 0.15) is 15.9 Å². The van der Waals surface area contributed by atoms with Crippen molar-refractivity contribution < 1.29 is 9.53 Å². The fraction of sp³-hybridized carbons (Fsp3) is 0.133. The van der Waals surface area contributed by atoms with Crippen LogP contribution in [0, 0.1) is 10.5 Å². The number of nitrogens with zero attached hydrogens (tertiary/aromatic N) is 1. The molecule has 0 radical (unpaired) electrons. The van der Waals surface area contributed by atoms with Gasteiger partial charge in [0.1, 0.15) is 11.6 Å². The Bertz CT molecular complexity index is 770. The van der Waals surface area contributed by atoms with E-state index in [1.165, 1.54) is 0 Å². The molecule has 2 aromatic rings. The lowest BCUT2D eigenvalue weighted by Crippen LogP contribution is -2.34. The average molecular weight is 506 g/mol. The number of hydrogen-bond donors (Lipinski definition) is 2. The number of thiocarbonyl (C=S) groups is 1. The number of methoxy groups -OCH3 is 1. The molecule has 0 aliphatic heterocycles. The van der Waals surface area contributed by atoms with Crippen LogP contribution in [-0.2, 0) is 0 Å². The van der Waals surface area contributed by atoms with Gasteiger partial charge in [-0.2, -0.15) is 0 Å². The van der Waals surface area contributed by atoms with Gasteiger partial charge in [0, 0.05) is 15.3 Å². The molecule has 23 heavy (non-hydrogen) atoms. The molecule has 0 unspecified atom stereocenters. The summed E-state index contributed by atoms with van der Waals surface area (Å²) in [6, 6.07) is 7.02. The molecule has 120 valence electrons. The highest BCUT2D eigenvalue weighted by Crippen LogP contribution is 2.25. The fourth-order valence-corrected chi connectivity index (χ4v) is 3.13. The number of aryl methyl sites for hydroxylation is 1. The zero-order valence-electron chi connectivity index (χ0n) is 12.3. The van der Waals surface area contributed by atoms with Gasteiger partial charge in [-0.25, -0.2) is 4.98 Å². The van der Waals surface area contributed by atoms with E-state index in [1.807, 2.05) is 13.0 Å². The Hall–Kier alpha value is -1.26. The standard InChI is InChI=1S/C15H13BrIN3O2S/c1-8-5-10(17)7-18-13(8)19-15(23)20-14(21)9-3-4-12(22-2)11(16)6-9/h3-7H,1-2H3,(H2,18,19,20,21,23). The smallest absolute Gasteiger partial charge is 0.257 e. The Morgan fingerprint density at radius 1 is 1.39 bits per heavy atom. The molecule has 0 saturated carbocycles. The fourth-order valence-electron chi connectivity index (χ4n) is 1.79. The number of carbonyl (C=O) groups is 1. The Labute approximate surface area is 161 Å². The number of anilines is 1. The van der Waals surface area contributed by atoms with Crippen LogP contribution >= 0.6 is 50.7 Å². The minimum absolute atomic E-state index is 0.193. The van der Waals surface area contributed by atoms with Crippen molar-refractivity contribution in [1.82, 2.24) is 10.3 Å². The number of carbonyl (C=O) groups excluding carboxylic acids is 1. The monoisotopic (exact) mass is 505 g/mol. The summed E-state index contributed by atoms with van der Waals surface area (Å²) >= 11 is 10.7. The van der Waals surface area contributed by atoms with E-state index in [2.05, 4.69) is 54.1 Å². The maximum atomic E-state index is 12.2. The van der Waals surface area contributed by atoms with Crippen molar-refractivity contribution in [2.75, 3.05) is 12.4 Å². The molecule has 1 aromatic carbocycles. The highest BCUT2D eigenvalue weighted by atomic mass is 127. The molecule has 0 aliphatic rings. The van der Waals surface area contributed by atoms with E-state index in [-0.39, 0.29) is 11.0 Å². The van der Waals surface area contributed by atoms with Crippen LogP contribution < -0.4 is 15.4 Å². The Morgan fingerprint density at radius 2 is 2.13 bits per heavy atom. The normalized spacial score (nSPS) is 10.1.